The van der Waals surface area contributed by atoms with Gasteiger partial charge in [0.05, 0.1) is 0 Å². The van der Waals surface area contributed by atoms with Gasteiger partial charge in [-0.25, -0.2) is 8.78 Å². The van der Waals surface area contributed by atoms with Gasteiger partial charge in [-0.2, -0.15) is 8.78 Å². The number of halogens is 4. The number of rotatable bonds is 4. The second kappa shape index (κ2) is 8.25. The number of ether oxygens (including phenoxy) is 2. The summed E-state index contributed by atoms with van der Waals surface area (Å²) in [6, 6.07) is 0. The van der Waals surface area contributed by atoms with E-state index in [0.717, 1.165) is 13.2 Å². The number of alkyl halides is 4. The molecule has 0 fully saturated rings. The first-order valence-corrected chi connectivity index (χ1v) is 3.71. The summed E-state index contributed by atoms with van der Waals surface area (Å²) in [6.07, 6.45) is -8.03. The van der Waals surface area contributed by atoms with Crippen LogP contribution in [-0.4, -0.2) is 32.9 Å². The SMILES string of the molecule is CCOCC.COC(F)(F)C(F)F. The van der Waals surface area contributed by atoms with Gasteiger partial charge >= 0.3 is 12.5 Å². The monoisotopic (exact) mass is 206 g/mol. The fourth-order valence-corrected chi connectivity index (χ4v) is 0.293. The Morgan fingerprint density at radius 1 is 1.15 bits per heavy atom. The van der Waals surface area contributed by atoms with Gasteiger partial charge in [0, 0.05) is 20.3 Å². The number of methoxy groups -OCH3 is 1. The first kappa shape index (κ1) is 15.1. The van der Waals surface area contributed by atoms with E-state index in [4.69, 9.17) is 4.74 Å². The van der Waals surface area contributed by atoms with Crippen molar-refractivity contribution in [3.05, 3.63) is 0 Å². The summed E-state index contributed by atoms with van der Waals surface area (Å²) >= 11 is 0. The first-order chi connectivity index (χ1) is 5.92. The molecule has 0 saturated heterocycles. The normalized spacial score (nSPS) is 11.1. The lowest BCUT2D eigenvalue weighted by Crippen LogP contribution is -2.28. The van der Waals surface area contributed by atoms with Crippen LogP contribution >= 0.6 is 0 Å². The van der Waals surface area contributed by atoms with Crippen LogP contribution in [0.4, 0.5) is 17.6 Å². The van der Waals surface area contributed by atoms with E-state index in [1.54, 1.807) is 0 Å². The molecule has 82 valence electrons. The van der Waals surface area contributed by atoms with Crippen LogP contribution < -0.4 is 0 Å². The standard InChI is InChI=1S/C4H10O.C3H4F4O/c1-3-5-4-2;1-8-3(6,7)2(4)5/h3-4H2,1-2H3;2H,1H3. The molecule has 0 radical (unpaired) electrons. The molecule has 0 saturated carbocycles. The van der Waals surface area contributed by atoms with E-state index in [1.165, 1.54) is 0 Å². The van der Waals surface area contributed by atoms with E-state index in [0.29, 0.717) is 7.11 Å². The second-order valence-corrected chi connectivity index (χ2v) is 1.85. The minimum atomic E-state index is -4.29. The smallest absolute Gasteiger partial charge is 0.382 e. The third-order valence-electron chi connectivity index (χ3n) is 0.934. The molecule has 0 aromatic carbocycles. The van der Waals surface area contributed by atoms with Crippen LogP contribution in [0.3, 0.4) is 0 Å². The van der Waals surface area contributed by atoms with Crippen LogP contribution in [0.1, 0.15) is 13.8 Å². The Kier molecular flexibility index (Phi) is 9.60. The summed E-state index contributed by atoms with van der Waals surface area (Å²) in [5.41, 5.74) is 0. The summed E-state index contributed by atoms with van der Waals surface area (Å²) in [5, 5.41) is 0. The Morgan fingerprint density at radius 3 is 1.54 bits per heavy atom. The van der Waals surface area contributed by atoms with Gasteiger partial charge in [-0.15, -0.1) is 0 Å². The zero-order valence-electron chi connectivity index (χ0n) is 7.82. The molecule has 0 spiro atoms. The van der Waals surface area contributed by atoms with E-state index < -0.39 is 12.5 Å². The Morgan fingerprint density at radius 2 is 1.54 bits per heavy atom. The molecule has 13 heavy (non-hydrogen) atoms. The zero-order chi connectivity index (χ0) is 10.9. The molecule has 0 amide bonds. The van der Waals surface area contributed by atoms with Gasteiger partial charge < -0.3 is 9.47 Å². The van der Waals surface area contributed by atoms with Crippen LogP contribution in [0, 0.1) is 0 Å². The lowest BCUT2D eigenvalue weighted by atomic mass is 10.7. The highest BCUT2D eigenvalue weighted by molar-refractivity contribution is 4.51. The molecule has 0 aliphatic rings. The molecular formula is C7H14F4O2. The van der Waals surface area contributed by atoms with Crippen LogP contribution in [0.15, 0.2) is 0 Å². The van der Waals surface area contributed by atoms with Gasteiger partial charge in [0.1, 0.15) is 0 Å². The van der Waals surface area contributed by atoms with Crippen LogP contribution in [0.2, 0.25) is 0 Å². The lowest BCUT2D eigenvalue weighted by Gasteiger charge is -2.10. The van der Waals surface area contributed by atoms with Gasteiger partial charge in [0.15, 0.2) is 0 Å². The summed E-state index contributed by atoms with van der Waals surface area (Å²) in [6.45, 7) is 5.67. The predicted molar refractivity (Wildman–Crippen MR) is 40.1 cm³/mol. The van der Waals surface area contributed by atoms with Crippen LogP contribution in [-0.2, 0) is 9.47 Å². The highest BCUT2D eigenvalue weighted by Crippen LogP contribution is 2.22. The van der Waals surface area contributed by atoms with Crippen LogP contribution in [0.5, 0.6) is 0 Å². The zero-order valence-corrected chi connectivity index (χ0v) is 7.82. The maximum atomic E-state index is 11.3. The third-order valence-corrected chi connectivity index (χ3v) is 0.934. The minimum Gasteiger partial charge on any atom is -0.382 e. The van der Waals surface area contributed by atoms with Gasteiger partial charge in [-0.3, -0.25) is 0 Å². The molecular weight excluding hydrogens is 192 g/mol. The average molecular weight is 206 g/mol. The van der Waals surface area contributed by atoms with E-state index in [2.05, 4.69) is 4.74 Å². The minimum absolute atomic E-state index is 0.520. The molecule has 0 rings (SSSR count). The van der Waals surface area contributed by atoms with E-state index in [-0.39, 0.29) is 0 Å². The van der Waals surface area contributed by atoms with Crippen molar-refractivity contribution in [1.29, 1.82) is 0 Å². The topological polar surface area (TPSA) is 18.5 Å². The highest BCUT2D eigenvalue weighted by Gasteiger charge is 2.40. The molecule has 0 aromatic heterocycles. The molecule has 2 nitrogen and oxygen atoms in total. The van der Waals surface area contributed by atoms with Crippen molar-refractivity contribution in [2.24, 2.45) is 0 Å². The predicted octanol–water partition coefficient (Wildman–Crippen LogP) is 2.53. The van der Waals surface area contributed by atoms with Gasteiger partial charge in [0.25, 0.3) is 0 Å². The molecule has 0 N–H and O–H groups in total. The molecule has 0 aliphatic heterocycles. The molecule has 0 heterocycles. The number of hydrogen-bond donors (Lipinski definition) is 0. The Hall–Kier alpha value is -0.360. The fourth-order valence-electron chi connectivity index (χ4n) is 0.293. The third kappa shape index (κ3) is 9.55. The van der Waals surface area contributed by atoms with Crippen molar-refractivity contribution in [3.63, 3.8) is 0 Å². The number of hydrogen-bond acceptors (Lipinski definition) is 2. The first-order valence-electron chi connectivity index (χ1n) is 3.71. The molecule has 0 aromatic rings. The van der Waals surface area contributed by atoms with Gasteiger partial charge in [0.2, 0.25) is 0 Å². The van der Waals surface area contributed by atoms with Crippen molar-refractivity contribution in [2.75, 3.05) is 20.3 Å². The molecule has 0 aliphatic carbocycles. The molecule has 0 unspecified atom stereocenters. The lowest BCUT2D eigenvalue weighted by molar-refractivity contribution is -0.287. The van der Waals surface area contributed by atoms with E-state index >= 15 is 0 Å². The summed E-state index contributed by atoms with van der Waals surface area (Å²) < 4.78 is 52.4. The Labute approximate surface area is 74.8 Å². The van der Waals surface area contributed by atoms with Gasteiger partial charge in [-0.1, -0.05) is 0 Å². The van der Waals surface area contributed by atoms with Crippen molar-refractivity contribution in [2.45, 2.75) is 26.4 Å². The van der Waals surface area contributed by atoms with Crippen molar-refractivity contribution in [1.82, 2.24) is 0 Å². The van der Waals surface area contributed by atoms with E-state index in [9.17, 15) is 17.6 Å². The van der Waals surface area contributed by atoms with Crippen molar-refractivity contribution in [3.8, 4) is 0 Å². The van der Waals surface area contributed by atoms with Crippen LogP contribution in [0.25, 0.3) is 0 Å². The summed E-state index contributed by atoms with van der Waals surface area (Å²) in [7, 11) is 0.520. The second-order valence-electron chi connectivity index (χ2n) is 1.85. The maximum Gasteiger partial charge on any atom is 0.416 e. The summed E-state index contributed by atoms with van der Waals surface area (Å²) in [4.78, 5) is 0. The molecule has 6 heteroatoms. The van der Waals surface area contributed by atoms with Crippen molar-refractivity contribution < 1.29 is 27.0 Å². The molecule has 0 atom stereocenters. The quantitative estimate of drug-likeness (QED) is 0.658. The average Bonchev–Trinajstić information content (AvgIpc) is 2.07. The Balaban J connectivity index is 0. The fraction of sp³-hybridized carbons (Fsp3) is 1.00. The van der Waals surface area contributed by atoms with Gasteiger partial charge in [-0.05, 0) is 13.8 Å². The van der Waals surface area contributed by atoms with Crippen molar-refractivity contribution >= 4 is 0 Å². The maximum absolute atomic E-state index is 11.3. The largest absolute Gasteiger partial charge is 0.416 e. The highest BCUT2D eigenvalue weighted by atomic mass is 19.3. The van der Waals surface area contributed by atoms with E-state index in [1.807, 2.05) is 13.8 Å². The molecule has 0 bridgehead atoms. The Bertz CT molecular complexity index is 107. The summed E-state index contributed by atoms with van der Waals surface area (Å²) in [5.74, 6) is 0.